The van der Waals surface area contributed by atoms with Gasteiger partial charge in [-0.3, -0.25) is 4.98 Å². The minimum Gasteiger partial charge on any atom is -0.265 e. The van der Waals surface area contributed by atoms with Crippen LogP contribution in [0.15, 0.2) is 73.1 Å². The molecule has 1 aliphatic rings. The van der Waals surface area contributed by atoms with E-state index in [4.69, 9.17) is 7.85 Å². The summed E-state index contributed by atoms with van der Waals surface area (Å²) in [6.45, 7) is 0. The fourth-order valence-corrected chi connectivity index (χ4v) is 3.65. The topological polar surface area (TPSA) is 12.9 Å². The summed E-state index contributed by atoms with van der Waals surface area (Å²) >= 11 is 0. The zero-order chi connectivity index (χ0) is 15.6. The third-order valence-electron chi connectivity index (χ3n) is 4.75. The summed E-state index contributed by atoms with van der Waals surface area (Å²) in [5, 5.41) is 0. The first kappa shape index (κ1) is 14.3. The third-order valence-corrected chi connectivity index (χ3v) is 4.75. The minimum absolute atomic E-state index is 0.236. The van der Waals surface area contributed by atoms with Gasteiger partial charge in [0, 0.05) is 18.3 Å². The number of pyridine rings is 1. The smallest absolute Gasteiger partial charge is 0.0704 e. The summed E-state index contributed by atoms with van der Waals surface area (Å²) in [5.74, 6) is 0.621. The maximum Gasteiger partial charge on any atom is 0.0704 e. The molecule has 2 aromatic carbocycles. The van der Waals surface area contributed by atoms with Gasteiger partial charge in [-0.1, -0.05) is 54.3 Å². The predicted octanol–water partition coefficient (Wildman–Crippen LogP) is 4.78. The number of fused-ring (bicyclic) bond motifs is 1. The minimum atomic E-state index is 0.236. The van der Waals surface area contributed by atoms with Crippen molar-refractivity contribution in [2.24, 2.45) is 0 Å². The average Bonchev–Trinajstić information content (AvgIpc) is 2.62. The van der Waals surface area contributed by atoms with Crippen LogP contribution in [0, 0.1) is 0 Å². The van der Waals surface area contributed by atoms with Crippen molar-refractivity contribution >= 4 is 7.85 Å². The van der Waals surface area contributed by atoms with Crippen LogP contribution in [0.2, 0.25) is 5.82 Å². The van der Waals surface area contributed by atoms with Gasteiger partial charge in [-0.15, -0.1) is 0 Å². The lowest BCUT2D eigenvalue weighted by molar-refractivity contribution is 0.615. The summed E-state index contributed by atoms with van der Waals surface area (Å²) in [6.07, 6.45) is 5.68. The zero-order valence-corrected chi connectivity index (χ0v) is 13.0. The first-order chi connectivity index (χ1) is 11.3. The number of hydrogen-bond donors (Lipinski definition) is 0. The standard InChI is InChI=1S/C21H18BN/c22-19-13-18-4-1-2-7-20(18)21(14-19)17-6-3-5-16(12-17)15-8-10-23-11-9-15/h1-12,19,21H,13-14H2/t19-,21-/m0/s1. The van der Waals surface area contributed by atoms with E-state index >= 15 is 0 Å². The Balaban J connectivity index is 1.77. The second-order valence-electron chi connectivity index (χ2n) is 6.31. The molecule has 1 nitrogen and oxygen atoms in total. The molecule has 110 valence electrons. The lowest BCUT2D eigenvalue weighted by Gasteiger charge is -2.30. The number of rotatable bonds is 2. The number of hydrogen-bond acceptors (Lipinski definition) is 1. The van der Waals surface area contributed by atoms with Gasteiger partial charge in [-0.2, -0.15) is 0 Å². The van der Waals surface area contributed by atoms with E-state index in [9.17, 15) is 0 Å². The maximum absolute atomic E-state index is 6.32. The Morgan fingerprint density at radius 1 is 0.870 bits per heavy atom. The summed E-state index contributed by atoms with van der Waals surface area (Å²) < 4.78 is 0. The Bertz CT molecular complexity index is 813. The lowest BCUT2D eigenvalue weighted by Crippen LogP contribution is -2.16. The quantitative estimate of drug-likeness (QED) is 0.620. The second kappa shape index (κ2) is 6.04. The summed E-state index contributed by atoms with van der Waals surface area (Å²) in [5.41, 5.74) is 6.62. The van der Waals surface area contributed by atoms with E-state index in [1.807, 2.05) is 12.4 Å². The molecule has 0 aliphatic heterocycles. The van der Waals surface area contributed by atoms with Crippen molar-refractivity contribution in [2.45, 2.75) is 24.6 Å². The van der Waals surface area contributed by atoms with E-state index in [1.54, 1.807) is 0 Å². The Morgan fingerprint density at radius 3 is 2.57 bits per heavy atom. The second-order valence-corrected chi connectivity index (χ2v) is 6.31. The van der Waals surface area contributed by atoms with E-state index in [2.05, 4.69) is 65.6 Å². The number of nitrogens with zero attached hydrogens (tertiary/aromatic N) is 1. The van der Waals surface area contributed by atoms with Crippen LogP contribution in [0.25, 0.3) is 11.1 Å². The molecule has 4 rings (SSSR count). The summed E-state index contributed by atoms with van der Waals surface area (Å²) in [6, 6.07) is 21.7. The summed E-state index contributed by atoms with van der Waals surface area (Å²) in [4.78, 5) is 4.11. The molecule has 0 unspecified atom stereocenters. The van der Waals surface area contributed by atoms with Gasteiger partial charge < -0.3 is 0 Å². The van der Waals surface area contributed by atoms with Gasteiger partial charge in [0.25, 0.3) is 0 Å². The summed E-state index contributed by atoms with van der Waals surface area (Å²) in [7, 11) is 6.32. The molecule has 0 amide bonds. The van der Waals surface area contributed by atoms with Crippen molar-refractivity contribution in [3.8, 4) is 11.1 Å². The molecule has 0 bridgehead atoms. The molecule has 23 heavy (non-hydrogen) atoms. The van der Waals surface area contributed by atoms with E-state index in [1.165, 1.54) is 27.8 Å². The van der Waals surface area contributed by atoms with Gasteiger partial charge in [0.05, 0.1) is 7.85 Å². The van der Waals surface area contributed by atoms with Crippen LogP contribution in [-0.2, 0) is 6.42 Å². The van der Waals surface area contributed by atoms with Crippen molar-refractivity contribution in [1.29, 1.82) is 0 Å². The Morgan fingerprint density at radius 2 is 1.70 bits per heavy atom. The molecule has 0 spiro atoms. The molecule has 1 heterocycles. The van der Waals surface area contributed by atoms with Crippen LogP contribution in [0.1, 0.15) is 29.0 Å². The highest BCUT2D eigenvalue weighted by molar-refractivity contribution is 6.12. The molecule has 1 aromatic heterocycles. The fraction of sp³-hybridized carbons (Fsp3) is 0.190. The normalized spacial score (nSPS) is 20.0. The van der Waals surface area contributed by atoms with Crippen LogP contribution in [0.3, 0.4) is 0 Å². The van der Waals surface area contributed by atoms with Gasteiger partial charge in [0.2, 0.25) is 0 Å². The van der Waals surface area contributed by atoms with E-state index in [0.717, 1.165) is 12.8 Å². The van der Waals surface area contributed by atoms with Crippen LogP contribution >= 0.6 is 0 Å². The fourth-order valence-electron chi connectivity index (χ4n) is 3.65. The highest BCUT2D eigenvalue weighted by Gasteiger charge is 2.25. The maximum atomic E-state index is 6.32. The van der Waals surface area contributed by atoms with Crippen molar-refractivity contribution in [2.75, 3.05) is 0 Å². The number of benzene rings is 2. The molecule has 2 heteroatoms. The zero-order valence-electron chi connectivity index (χ0n) is 13.0. The van der Waals surface area contributed by atoms with E-state index in [-0.39, 0.29) is 5.82 Å². The van der Waals surface area contributed by atoms with E-state index in [0.29, 0.717) is 5.92 Å². The SMILES string of the molecule is [B][C@H]1Cc2ccccc2[C@H](c2cccc(-c3ccncc3)c2)C1. The van der Waals surface area contributed by atoms with Gasteiger partial charge in [-0.25, -0.2) is 0 Å². The van der Waals surface area contributed by atoms with Crippen molar-refractivity contribution in [3.05, 3.63) is 89.7 Å². The predicted molar refractivity (Wildman–Crippen MR) is 95.8 cm³/mol. The Kier molecular flexibility index (Phi) is 3.74. The molecule has 0 saturated carbocycles. The van der Waals surface area contributed by atoms with Crippen LogP contribution in [0.5, 0.6) is 0 Å². The molecule has 1 aliphatic carbocycles. The third kappa shape index (κ3) is 2.81. The first-order valence-corrected chi connectivity index (χ1v) is 8.15. The molecule has 3 aromatic rings. The van der Waals surface area contributed by atoms with Crippen LogP contribution in [0.4, 0.5) is 0 Å². The Hall–Kier alpha value is -2.35. The molecule has 0 fully saturated rings. The van der Waals surface area contributed by atoms with Gasteiger partial charge in [0.1, 0.15) is 0 Å². The molecule has 2 radical (unpaired) electrons. The molecule has 0 N–H and O–H groups in total. The molecular weight excluding hydrogens is 277 g/mol. The van der Waals surface area contributed by atoms with Gasteiger partial charge in [0.15, 0.2) is 0 Å². The van der Waals surface area contributed by atoms with Gasteiger partial charge in [-0.05, 0) is 52.8 Å². The molecular formula is C21H18BN. The average molecular weight is 295 g/mol. The molecule has 2 atom stereocenters. The van der Waals surface area contributed by atoms with Crippen molar-refractivity contribution in [1.82, 2.24) is 4.98 Å². The van der Waals surface area contributed by atoms with Crippen LogP contribution in [-0.4, -0.2) is 12.8 Å². The highest BCUT2D eigenvalue weighted by atomic mass is 14.6. The monoisotopic (exact) mass is 295 g/mol. The molecule has 0 saturated heterocycles. The van der Waals surface area contributed by atoms with E-state index < -0.39 is 0 Å². The Labute approximate surface area is 138 Å². The van der Waals surface area contributed by atoms with Crippen molar-refractivity contribution in [3.63, 3.8) is 0 Å². The number of aromatic nitrogens is 1. The van der Waals surface area contributed by atoms with Crippen LogP contribution < -0.4 is 0 Å². The highest BCUT2D eigenvalue weighted by Crippen LogP contribution is 2.41. The largest absolute Gasteiger partial charge is 0.265 e. The van der Waals surface area contributed by atoms with Crippen molar-refractivity contribution < 1.29 is 0 Å². The van der Waals surface area contributed by atoms with Gasteiger partial charge >= 0.3 is 0 Å². The first-order valence-electron chi connectivity index (χ1n) is 8.15. The lowest BCUT2D eigenvalue weighted by atomic mass is 9.67.